The van der Waals surface area contributed by atoms with Crippen LogP contribution in [0.25, 0.3) is 0 Å². The number of nitrogens with zero attached hydrogens (tertiary/aromatic N) is 2. The highest BCUT2D eigenvalue weighted by Gasteiger charge is 2.27. The standard InChI is InChI=1S/C19H23N3O.2ClH/c20-15-18(16-7-3-1-4-8-16)19(23)22-13-11-21(12-14-22)17-9-5-2-6-10-17;;/h1-10,18H,11-15,20H2;2*1H. The van der Waals surface area contributed by atoms with E-state index in [4.69, 9.17) is 5.73 Å². The number of piperazine rings is 1. The molecular formula is C19H25Cl2N3O. The van der Waals surface area contributed by atoms with Crippen LogP contribution >= 0.6 is 24.8 Å². The van der Waals surface area contributed by atoms with Crippen molar-refractivity contribution in [2.45, 2.75) is 5.92 Å². The summed E-state index contributed by atoms with van der Waals surface area (Å²) in [6, 6.07) is 20.2. The Kier molecular flexibility index (Phi) is 8.76. The third-order valence-corrected chi connectivity index (χ3v) is 4.45. The van der Waals surface area contributed by atoms with E-state index in [0.717, 1.165) is 31.7 Å². The zero-order valence-corrected chi connectivity index (χ0v) is 15.7. The highest BCUT2D eigenvalue weighted by molar-refractivity contribution is 5.85. The lowest BCUT2D eigenvalue weighted by atomic mass is 9.97. The third-order valence-electron chi connectivity index (χ3n) is 4.45. The third kappa shape index (κ3) is 5.11. The number of carbonyl (C=O) groups is 1. The molecule has 2 aromatic carbocycles. The van der Waals surface area contributed by atoms with Crippen LogP contribution in [0.5, 0.6) is 0 Å². The molecule has 2 aromatic rings. The van der Waals surface area contributed by atoms with Gasteiger partial charge in [-0.2, -0.15) is 0 Å². The van der Waals surface area contributed by atoms with E-state index in [1.807, 2.05) is 53.4 Å². The fraction of sp³-hybridized carbons (Fsp3) is 0.316. The van der Waals surface area contributed by atoms with Gasteiger partial charge in [0.1, 0.15) is 0 Å². The number of anilines is 1. The van der Waals surface area contributed by atoms with Crippen molar-refractivity contribution in [2.75, 3.05) is 37.6 Å². The van der Waals surface area contributed by atoms with Gasteiger partial charge in [-0.05, 0) is 17.7 Å². The number of carbonyl (C=O) groups excluding carboxylic acids is 1. The Morgan fingerprint density at radius 1 is 0.880 bits per heavy atom. The minimum absolute atomic E-state index is 0. The van der Waals surface area contributed by atoms with Gasteiger partial charge in [-0.3, -0.25) is 4.79 Å². The average Bonchev–Trinajstić information content (AvgIpc) is 2.64. The molecule has 136 valence electrons. The van der Waals surface area contributed by atoms with Gasteiger partial charge in [0.25, 0.3) is 0 Å². The number of hydrogen-bond acceptors (Lipinski definition) is 3. The van der Waals surface area contributed by atoms with Crippen molar-refractivity contribution < 1.29 is 4.79 Å². The number of benzene rings is 2. The van der Waals surface area contributed by atoms with Crippen LogP contribution in [0.1, 0.15) is 11.5 Å². The molecule has 0 saturated carbocycles. The van der Waals surface area contributed by atoms with Crippen LogP contribution in [0, 0.1) is 0 Å². The Labute approximate surface area is 161 Å². The summed E-state index contributed by atoms with van der Waals surface area (Å²) in [7, 11) is 0. The zero-order chi connectivity index (χ0) is 16.1. The molecule has 0 spiro atoms. The van der Waals surface area contributed by atoms with E-state index in [0.29, 0.717) is 6.54 Å². The van der Waals surface area contributed by atoms with Crippen molar-refractivity contribution in [3.63, 3.8) is 0 Å². The number of rotatable bonds is 4. The summed E-state index contributed by atoms with van der Waals surface area (Å²) in [5.41, 5.74) is 8.10. The minimum Gasteiger partial charge on any atom is -0.368 e. The van der Waals surface area contributed by atoms with Gasteiger partial charge < -0.3 is 15.5 Å². The van der Waals surface area contributed by atoms with Crippen molar-refractivity contribution in [1.29, 1.82) is 0 Å². The lowest BCUT2D eigenvalue weighted by Gasteiger charge is -2.37. The van der Waals surface area contributed by atoms with Crippen LogP contribution in [0.3, 0.4) is 0 Å². The predicted octanol–water partition coefficient (Wildman–Crippen LogP) is 2.92. The van der Waals surface area contributed by atoms with Crippen LogP contribution in [0.15, 0.2) is 60.7 Å². The fourth-order valence-electron chi connectivity index (χ4n) is 3.11. The second kappa shape index (κ2) is 10.3. The van der Waals surface area contributed by atoms with E-state index in [2.05, 4.69) is 17.0 Å². The van der Waals surface area contributed by atoms with Crippen LogP contribution in [0.4, 0.5) is 5.69 Å². The molecule has 0 aromatic heterocycles. The van der Waals surface area contributed by atoms with Gasteiger partial charge in [-0.1, -0.05) is 48.5 Å². The van der Waals surface area contributed by atoms with Crippen molar-refractivity contribution in [2.24, 2.45) is 5.73 Å². The topological polar surface area (TPSA) is 49.6 Å². The molecule has 0 bridgehead atoms. The lowest BCUT2D eigenvalue weighted by molar-refractivity contribution is -0.132. The van der Waals surface area contributed by atoms with Gasteiger partial charge in [-0.25, -0.2) is 0 Å². The summed E-state index contributed by atoms with van der Waals surface area (Å²) in [4.78, 5) is 17.1. The Hall–Kier alpha value is -1.75. The summed E-state index contributed by atoms with van der Waals surface area (Å²) >= 11 is 0. The van der Waals surface area contributed by atoms with Gasteiger partial charge in [-0.15, -0.1) is 24.8 Å². The number of hydrogen-bond donors (Lipinski definition) is 1. The average molecular weight is 382 g/mol. The summed E-state index contributed by atoms with van der Waals surface area (Å²) < 4.78 is 0. The SMILES string of the molecule is Cl.Cl.NCC(C(=O)N1CCN(c2ccccc2)CC1)c1ccccc1. The monoisotopic (exact) mass is 381 g/mol. The van der Waals surface area contributed by atoms with Crippen LogP contribution in [-0.4, -0.2) is 43.5 Å². The molecule has 0 aliphatic carbocycles. The van der Waals surface area contributed by atoms with Gasteiger partial charge in [0.2, 0.25) is 5.91 Å². The Morgan fingerprint density at radius 2 is 1.40 bits per heavy atom. The second-order valence-corrected chi connectivity index (χ2v) is 5.85. The molecule has 25 heavy (non-hydrogen) atoms. The number of para-hydroxylation sites is 1. The van der Waals surface area contributed by atoms with E-state index >= 15 is 0 Å². The summed E-state index contributed by atoms with van der Waals surface area (Å²) in [6.45, 7) is 3.57. The quantitative estimate of drug-likeness (QED) is 0.885. The molecule has 1 aliphatic heterocycles. The molecule has 1 fully saturated rings. The van der Waals surface area contributed by atoms with Crippen molar-refractivity contribution >= 4 is 36.4 Å². The van der Waals surface area contributed by atoms with Gasteiger partial charge in [0.15, 0.2) is 0 Å². The maximum absolute atomic E-state index is 12.8. The van der Waals surface area contributed by atoms with E-state index < -0.39 is 0 Å². The molecule has 1 atom stereocenters. The summed E-state index contributed by atoms with van der Waals surface area (Å²) in [5, 5.41) is 0. The van der Waals surface area contributed by atoms with Gasteiger partial charge in [0, 0.05) is 38.4 Å². The Bertz CT molecular complexity index is 632. The first-order chi connectivity index (χ1) is 11.3. The molecule has 1 heterocycles. The molecule has 1 saturated heterocycles. The molecule has 1 unspecified atom stereocenters. The van der Waals surface area contributed by atoms with Gasteiger partial charge >= 0.3 is 0 Å². The maximum atomic E-state index is 12.8. The molecule has 6 heteroatoms. The first-order valence-electron chi connectivity index (χ1n) is 8.13. The highest BCUT2D eigenvalue weighted by Crippen LogP contribution is 2.20. The maximum Gasteiger partial charge on any atom is 0.231 e. The Morgan fingerprint density at radius 3 is 1.92 bits per heavy atom. The van der Waals surface area contributed by atoms with Crippen LogP contribution in [0.2, 0.25) is 0 Å². The summed E-state index contributed by atoms with van der Waals surface area (Å²) in [5.74, 6) is -0.0918. The lowest BCUT2D eigenvalue weighted by Crippen LogP contribution is -2.50. The van der Waals surface area contributed by atoms with Crippen LogP contribution < -0.4 is 10.6 Å². The molecule has 4 nitrogen and oxygen atoms in total. The molecular weight excluding hydrogens is 357 g/mol. The molecule has 1 amide bonds. The van der Waals surface area contributed by atoms with E-state index in [9.17, 15) is 4.79 Å². The van der Waals surface area contributed by atoms with Crippen molar-refractivity contribution in [3.8, 4) is 0 Å². The molecule has 3 rings (SSSR count). The highest BCUT2D eigenvalue weighted by atomic mass is 35.5. The summed E-state index contributed by atoms with van der Waals surface area (Å²) in [6.07, 6.45) is 0. The van der Waals surface area contributed by atoms with Crippen molar-refractivity contribution in [1.82, 2.24) is 4.90 Å². The first-order valence-corrected chi connectivity index (χ1v) is 8.13. The normalized spacial score (nSPS) is 14.9. The number of halogens is 2. The first kappa shape index (κ1) is 21.3. The minimum atomic E-state index is -0.237. The Balaban J connectivity index is 0.00000156. The van der Waals surface area contributed by atoms with Gasteiger partial charge in [0.05, 0.1) is 5.92 Å². The second-order valence-electron chi connectivity index (χ2n) is 5.85. The van der Waals surface area contributed by atoms with Crippen LogP contribution in [-0.2, 0) is 4.79 Å². The molecule has 2 N–H and O–H groups in total. The van der Waals surface area contributed by atoms with E-state index in [-0.39, 0.29) is 36.6 Å². The smallest absolute Gasteiger partial charge is 0.231 e. The van der Waals surface area contributed by atoms with E-state index in [1.165, 1.54) is 5.69 Å². The zero-order valence-electron chi connectivity index (χ0n) is 14.1. The molecule has 0 radical (unpaired) electrons. The predicted molar refractivity (Wildman–Crippen MR) is 108 cm³/mol. The fourth-order valence-corrected chi connectivity index (χ4v) is 3.11. The number of nitrogens with two attached hydrogens (primary N) is 1. The number of amides is 1. The largest absolute Gasteiger partial charge is 0.368 e. The van der Waals surface area contributed by atoms with Crippen molar-refractivity contribution in [3.05, 3.63) is 66.2 Å². The molecule has 1 aliphatic rings. The van der Waals surface area contributed by atoms with E-state index in [1.54, 1.807) is 0 Å².